The van der Waals surface area contributed by atoms with E-state index in [2.05, 4.69) is 16.9 Å². The Kier molecular flexibility index (Phi) is 4.80. The molecule has 7 nitrogen and oxygen atoms in total. The highest BCUT2D eigenvalue weighted by atomic mass is 16.2. The molecule has 4 fully saturated rings. The van der Waals surface area contributed by atoms with E-state index in [4.69, 9.17) is 0 Å². The van der Waals surface area contributed by atoms with Crippen LogP contribution >= 0.6 is 0 Å². The van der Waals surface area contributed by atoms with Crippen LogP contribution in [0.5, 0.6) is 0 Å². The lowest BCUT2D eigenvalue weighted by atomic mass is 9.94. The van der Waals surface area contributed by atoms with Crippen LogP contribution in [0, 0.1) is 5.92 Å². The summed E-state index contributed by atoms with van der Waals surface area (Å²) in [5.41, 5.74) is 0.908. The zero-order valence-corrected chi connectivity index (χ0v) is 15.4. The number of amides is 3. The second-order valence-electron chi connectivity index (χ2n) is 7.69. The molecular formula is C19H27N5O2. The SMILES string of the molecule is CN1CCN(C(=O)N2C[C@H]3CC[C@@H](C2)N(Cc2ccccn2)C3=O)CC1. The van der Waals surface area contributed by atoms with Gasteiger partial charge in [-0.15, -0.1) is 0 Å². The van der Waals surface area contributed by atoms with E-state index >= 15 is 0 Å². The van der Waals surface area contributed by atoms with E-state index in [9.17, 15) is 9.59 Å². The van der Waals surface area contributed by atoms with Crippen LogP contribution in [0.3, 0.4) is 0 Å². The average molecular weight is 357 g/mol. The first-order valence-electron chi connectivity index (χ1n) is 9.54. The number of fused-ring (bicyclic) bond motifs is 4. The number of piperidine rings is 1. The van der Waals surface area contributed by atoms with E-state index in [-0.39, 0.29) is 23.9 Å². The van der Waals surface area contributed by atoms with E-state index in [0.717, 1.165) is 44.7 Å². The smallest absolute Gasteiger partial charge is 0.320 e. The zero-order chi connectivity index (χ0) is 18.1. The molecule has 0 unspecified atom stereocenters. The van der Waals surface area contributed by atoms with Crippen molar-refractivity contribution in [3.63, 3.8) is 0 Å². The van der Waals surface area contributed by atoms with Crippen molar-refractivity contribution in [2.45, 2.75) is 25.4 Å². The van der Waals surface area contributed by atoms with Gasteiger partial charge < -0.3 is 19.6 Å². The molecule has 7 heteroatoms. The fourth-order valence-electron chi connectivity index (χ4n) is 4.27. The molecule has 4 aliphatic heterocycles. The molecule has 140 valence electrons. The van der Waals surface area contributed by atoms with Gasteiger partial charge in [0.05, 0.1) is 18.2 Å². The predicted molar refractivity (Wildman–Crippen MR) is 97.3 cm³/mol. The molecule has 2 atom stereocenters. The number of hydrogen-bond donors (Lipinski definition) is 0. The monoisotopic (exact) mass is 357 g/mol. The Labute approximate surface area is 154 Å². The van der Waals surface area contributed by atoms with E-state index in [0.29, 0.717) is 19.6 Å². The van der Waals surface area contributed by atoms with Gasteiger partial charge in [-0.05, 0) is 32.0 Å². The molecule has 4 aliphatic rings. The molecule has 5 heterocycles. The first kappa shape index (κ1) is 17.3. The van der Waals surface area contributed by atoms with Crippen LogP contribution in [0.2, 0.25) is 0 Å². The summed E-state index contributed by atoms with van der Waals surface area (Å²) in [6.45, 7) is 5.10. The molecule has 0 spiro atoms. The number of rotatable bonds is 2. The summed E-state index contributed by atoms with van der Waals surface area (Å²) >= 11 is 0. The van der Waals surface area contributed by atoms with Gasteiger partial charge in [0.2, 0.25) is 5.91 Å². The molecule has 0 saturated carbocycles. The van der Waals surface area contributed by atoms with E-state index < -0.39 is 0 Å². The highest BCUT2D eigenvalue weighted by molar-refractivity contribution is 5.82. The summed E-state index contributed by atoms with van der Waals surface area (Å²) in [5, 5.41) is 0. The standard InChI is InChI=1S/C19H27N5O2/c1-21-8-10-22(11-9-21)19(26)23-12-15-5-6-17(14-23)24(18(15)25)13-16-4-2-3-7-20-16/h2-4,7,15,17H,5-6,8-14H2,1H3/t15-,17+/m1/s1. The second-order valence-corrected chi connectivity index (χ2v) is 7.69. The number of urea groups is 1. The lowest BCUT2D eigenvalue weighted by Gasteiger charge is -2.37. The Bertz CT molecular complexity index is 659. The maximum atomic E-state index is 13.0. The van der Waals surface area contributed by atoms with Gasteiger partial charge in [-0.3, -0.25) is 9.78 Å². The fourth-order valence-corrected chi connectivity index (χ4v) is 4.27. The van der Waals surface area contributed by atoms with Crippen LogP contribution in [0.15, 0.2) is 24.4 Å². The lowest BCUT2D eigenvalue weighted by Crippen LogP contribution is -2.53. The average Bonchev–Trinajstić information content (AvgIpc) is 2.95. The summed E-state index contributed by atoms with van der Waals surface area (Å²) < 4.78 is 0. The van der Waals surface area contributed by atoms with Gasteiger partial charge in [0, 0.05) is 51.5 Å². The summed E-state index contributed by atoms with van der Waals surface area (Å²) in [7, 11) is 2.09. The first-order chi connectivity index (χ1) is 12.6. The van der Waals surface area contributed by atoms with Crippen molar-refractivity contribution in [1.29, 1.82) is 0 Å². The van der Waals surface area contributed by atoms with Crippen molar-refractivity contribution < 1.29 is 9.59 Å². The Morgan fingerprint density at radius 3 is 2.65 bits per heavy atom. The quantitative estimate of drug-likeness (QED) is 0.788. The highest BCUT2D eigenvalue weighted by Crippen LogP contribution is 2.30. The van der Waals surface area contributed by atoms with Gasteiger partial charge in [0.25, 0.3) is 0 Å². The molecule has 4 saturated heterocycles. The lowest BCUT2D eigenvalue weighted by molar-refractivity contribution is -0.140. The van der Waals surface area contributed by atoms with Crippen LogP contribution in [-0.4, -0.2) is 88.9 Å². The Hall–Kier alpha value is -2.15. The molecule has 0 aromatic carbocycles. The van der Waals surface area contributed by atoms with E-state index in [1.807, 2.05) is 32.9 Å². The molecule has 0 aliphatic carbocycles. The molecular weight excluding hydrogens is 330 g/mol. The summed E-state index contributed by atoms with van der Waals surface area (Å²) in [5.74, 6) is 0.106. The maximum absolute atomic E-state index is 13.0. The van der Waals surface area contributed by atoms with Gasteiger partial charge in [-0.1, -0.05) is 6.07 Å². The summed E-state index contributed by atoms with van der Waals surface area (Å²) in [6.07, 6.45) is 3.61. The summed E-state index contributed by atoms with van der Waals surface area (Å²) in [6, 6.07) is 5.99. The normalized spacial score (nSPS) is 27.0. The van der Waals surface area contributed by atoms with Crippen molar-refractivity contribution in [2.75, 3.05) is 46.3 Å². The molecule has 1 aromatic rings. The number of likely N-dealkylation sites (N-methyl/N-ethyl adjacent to an activating group) is 1. The number of carbonyl (C=O) groups excluding carboxylic acids is 2. The Morgan fingerprint density at radius 1 is 1.12 bits per heavy atom. The van der Waals surface area contributed by atoms with Gasteiger partial charge in [0.1, 0.15) is 0 Å². The van der Waals surface area contributed by atoms with Crippen LogP contribution in [0.1, 0.15) is 18.5 Å². The van der Waals surface area contributed by atoms with Crippen LogP contribution < -0.4 is 0 Å². The maximum Gasteiger partial charge on any atom is 0.320 e. The number of hydrogen-bond acceptors (Lipinski definition) is 4. The largest absolute Gasteiger partial charge is 0.332 e. The van der Waals surface area contributed by atoms with Crippen LogP contribution in [-0.2, 0) is 11.3 Å². The molecule has 2 bridgehead atoms. The molecule has 26 heavy (non-hydrogen) atoms. The van der Waals surface area contributed by atoms with Gasteiger partial charge in [-0.25, -0.2) is 4.79 Å². The van der Waals surface area contributed by atoms with Gasteiger partial charge in [-0.2, -0.15) is 0 Å². The zero-order valence-electron chi connectivity index (χ0n) is 15.4. The summed E-state index contributed by atoms with van der Waals surface area (Å²) in [4.78, 5) is 38.4. The number of piperazine rings is 1. The molecule has 3 amide bonds. The third kappa shape index (κ3) is 3.40. The minimum atomic E-state index is -0.0751. The third-order valence-corrected chi connectivity index (χ3v) is 5.90. The van der Waals surface area contributed by atoms with Crippen molar-refractivity contribution in [2.24, 2.45) is 5.92 Å². The Morgan fingerprint density at radius 2 is 1.92 bits per heavy atom. The number of aromatic nitrogens is 1. The van der Waals surface area contributed by atoms with Crippen LogP contribution in [0.25, 0.3) is 0 Å². The van der Waals surface area contributed by atoms with Crippen molar-refractivity contribution in [1.82, 2.24) is 24.6 Å². The number of pyridine rings is 1. The van der Waals surface area contributed by atoms with Gasteiger partial charge in [0.15, 0.2) is 0 Å². The Balaban J connectivity index is 1.47. The van der Waals surface area contributed by atoms with Crippen molar-refractivity contribution in [3.8, 4) is 0 Å². The van der Waals surface area contributed by atoms with Crippen LogP contribution in [0.4, 0.5) is 4.79 Å². The van der Waals surface area contributed by atoms with E-state index in [1.165, 1.54) is 0 Å². The van der Waals surface area contributed by atoms with Crippen molar-refractivity contribution >= 4 is 11.9 Å². The minimum Gasteiger partial charge on any atom is -0.332 e. The molecule has 5 rings (SSSR count). The fraction of sp³-hybridized carbons (Fsp3) is 0.632. The highest BCUT2D eigenvalue weighted by Gasteiger charge is 2.42. The number of carbonyl (C=O) groups is 2. The molecule has 0 radical (unpaired) electrons. The molecule has 0 N–H and O–H groups in total. The molecule has 1 aromatic heterocycles. The van der Waals surface area contributed by atoms with Crippen molar-refractivity contribution in [3.05, 3.63) is 30.1 Å². The topological polar surface area (TPSA) is 60.0 Å². The third-order valence-electron chi connectivity index (χ3n) is 5.90. The number of nitrogens with zero attached hydrogens (tertiary/aromatic N) is 5. The van der Waals surface area contributed by atoms with Gasteiger partial charge >= 0.3 is 6.03 Å². The minimum absolute atomic E-state index is 0.0751. The second kappa shape index (κ2) is 7.23. The van der Waals surface area contributed by atoms with E-state index in [1.54, 1.807) is 6.20 Å². The first-order valence-corrected chi connectivity index (χ1v) is 9.54. The predicted octanol–water partition coefficient (Wildman–Crippen LogP) is 0.872.